The smallest absolute Gasteiger partial charge is 0.319 e. The summed E-state index contributed by atoms with van der Waals surface area (Å²) in [7, 11) is 0. The fourth-order valence-electron chi connectivity index (χ4n) is 2.12. The van der Waals surface area contributed by atoms with Gasteiger partial charge in [0.2, 0.25) is 0 Å². The molecule has 1 aromatic heterocycles. The monoisotopic (exact) mass is 339 g/mol. The molecule has 0 saturated heterocycles. The molecule has 24 heavy (non-hydrogen) atoms. The van der Waals surface area contributed by atoms with Gasteiger partial charge in [0.25, 0.3) is 5.19 Å². The molecule has 0 fully saturated rings. The lowest BCUT2D eigenvalue weighted by Gasteiger charge is -2.09. The van der Waals surface area contributed by atoms with Crippen molar-refractivity contribution in [1.29, 1.82) is 0 Å². The predicted molar refractivity (Wildman–Crippen MR) is 95.7 cm³/mol. The van der Waals surface area contributed by atoms with Crippen molar-refractivity contribution in [1.82, 2.24) is 10.3 Å². The Morgan fingerprint density at radius 2 is 2.04 bits per heavy atom. The van der Waals surface area contributed by atoms with Crippen LogP contribution in [0.2, 0.25) is 0 Å². The van der Waals surface area contributed by atoms with Crippen LogP contribution in [-0.4, -0.2) is 11.0 Å². The zero-order valence-corrected chi connectivity index (χ0v) is 14.0. The Morgan fingerprint density at radius 3 is 2.75 bits per heavy atom. The lowest BCUT2D eigenvalue weighted by molar-refractivity contribution is 0.251. The van der Waals surface area contributed by atoms with Crippen LogP contribution in [0.25, 0.3) is 0 Å². The second kappa shape index (κ2) is 7.61. The Kier molecular flexibility index (Phi) is 5.08. The van der Waals surface area contributed by atoms with E-state index in [1.165, 1.54) is 11.3 Å². The van der Waals surface area contributed by atoms with Crippen LogP contribution >= 0.6 is 11.3 Å². The number of urea groups is 1. The van der Waals surface area contributed by atoms with Crippen LogP contribution < -0.4 is 15.4 Å². The number of nitrogens with one attached hydrogen (secondary N) is 2. The van der Waals surface area contributed by atoms with Gasteiger partial charge < -0.3 is 15.4 Å². The molecule has 0 aliphatic rings. The minimum Gasteiger partial charge on any atom is -0.431 e. The zero-order chi connectivity index (χ0) is 16.8. The standard InChI is InChI=1S/C18H17N3O2S/c1-13-3-2-4-15(11-13)21-17(22)20-12-14-5-7-16(8-6-14)23-18-19-9-10-24-18/h2-11H,12H2,1H3,(H2,20,21,22). The van der Waals surface area contributed by atoms with Crippen molar-refractivity contribution in [2.24, 2.45) is 0 Å². The molecule has 0 bridgehead atoms. The van der Waals surface area contributed by atoms with Crippen LogP contribution in [0.15, 0.2) is 60.1 Å². The Morgan fingerprint density at radius 1 is 1.21 bits per heavy atom. The van der Waals surface area contributed by atoms with E-state index < -0.39 is 0 Å². The molecular formula is C18H17N3O2S. The molecule has 2 amide bonds. The van der Waals surface area contributed by atoms with Crippen molar-refractivity contribution < 1.29 is 9.53 Å². The van der Waals surface area contributed by atoms with Crippen molar-refractivity contribution in [2.75, 3.05) is 5.32 Å². The molecule has 0 aliphatic carbocycles. The van der Waals surface area contributed by atoms with Gasteiger partial charge in [0.05, 0.1) is 0 Å². The lowest BCUT2D eigenvalue weighted by atomic mass is 10.2. The van der Waals surface area contributed by atoms with E-state index in [1.807, 2.05) is 60.8 Å². The second-order valence-corrected chi connectivity index (χ2v) is 6.08. The Labute approximate surface area is 144 Å². The van der Waals surface area contributed by atoms with Gasteiger partial charge in [-0.1, -0.05) is 35.6 Å². The summed E-state index contributed by atoms with van der Waals surface area (Å²) in [4.78, 5) is 16.0. The van der Waals surface area contributed by atoms with E-state index in [9.17, 15) is 4.79 Å². The number of nitrogens with zero attached hydrogens (tertiary/aromatic N) is 1. The van der Waals surface area contributed by atoms with Crippen molar-refractivity contribution in [3.8, 4) is 10.9 Å². The van der Waals surface area contributed by atoms with E-state index in [2.05, 4.69) is 15.6 Å². The number of thiazole rings is 1. The Hall–Kier alpha value is -2.86. The van der Waals surface area contributed by atoms with Crippen LogP contribution in [-0.2, 0) is 6.54 Å². The molecule has 0 radical (unpaired) electrons. The summed E-state index contributed by atoms with van der Waals surface area (Å²) in [5.41, 5.74) is 2.86. The van der Waals surface area contributed by atoms with Crippen molar-refractivity contribution in [2.45, 2.75) is 13.5 Å². The van der Waals surface area contributed by atoms with Crippen LogP contribution in [0.4, 0.5) is 10.5 Å². The lowest BCUT2D eigenvalue weighted by Crippen LogP contribution is -2.28. The maximum absolute atomic E-state index is 11.9. The fraction of sp³-hybridized carbons (Fsp3) is 0.111. The Balaban J connectivity index is 1.50. The van der Waals surface area contributed by atoms with Gasteiger partial charge in [0.1, 0.15) is 5.75 Å². The number of anilines is 1. The number of carbonyl (C=O) groups is 1. The molecule has 122 valence electrons. The van der Waals surface area contributed by atoms with E-state index in [4.69, 9.17) is 4.74 Å². The molecule has 0 aliphatic heterocycles. The summed E-state index contributed by atoms with van der Waals surface area (Å²) >= 11 is 1.44. The highest BCUT2D eigenvalue weighted by molar-refractivity contribution is 7.11. The first kappa shape index (κ1) is 16.0. The number of carbonyl (C=O) groups excluding carboxylic acids is 1. The first-order valence-electron chi connectivity index (χ1n) is 7.47. The van der Waals surface area contributed by atoms with E-state index >= 15 is 0 Å². The van der Waals surface area contributed by atoms with E-state index in [0.717, 1.165) is 22.6 Å². The van der Waals surface area contributed by atoms with Crippen molar-refractivity contribution in [3.63, 3.8) is 0 Å². The maximum Gasteiger partial charge on any atom is 0.319 e. The maximum atomic E-state index is 11.9. The minimum atomic E-state index is -0.233. The summed E-state index contributed by atoms with van der Waals surface area (Å²) < 4.78 is 5.60. The molecule has 6 heteroatoms. The summed E-state index contributed by atoms with van der Waals surface area (Å²) in [5, 5.41) is 8.11. The topological polar surface area (TPSA) is 63.2 Å². The Bertz CT molecular complexity index is 801. The van der Waals surface area contributed by atoms with E-state index in [0.29, 0.717) is 11.7 Å². The number of amides is 2. The first-order chi connectivity index (χ1) is 11.7. The zero-order valence-electron chi connectivity index (χ0n) is 13.2. The predicted octanol–water partition coefficient (Wildman–Crippen LogP) is 4.57. The van der Waals surface area contributed by atoms with Crippen molar-refractivity contribution >= 4 is 23.1 Å². The molecule has 3 aromatic rings. The van der Waals surface area contributed by atoms with Crippen LogP contribution in [0.5, 0.6) is 10.9 Å². The fourth-order valence-corrected chi connectivity index (χ4v) is 2.62. The largest absolute Gasteiger partial charge is 0.431 e. The summed E-state index contributed by atoms with van der Waals surface area (Å²) in [6, 6.07) is 15.0. The quantitative estimate of drug-likeness (QED) is 0.716. The summed E-state index contributed by atoms with van der Waals surface area (Å²) in [6.45, 7) is 2.42. The molecule has 0 unspecified atom stereocenters. The van der Waals surface area contributed by atoms with Gasteiger partial charge >= 0.3 is 6.03 Å². The van der Waals surface area contributed by atoms with Gasteiger partial charge in [0, 0.05) is 23.8 Å². The van der Waals surface area contributed by atoms with Gasteiger partial charge in [-0.05, 0) is 42.3 Å². The number of benzene rings is 2. The molecule has 1 heterocycles. The summed E-state index contributed by atoms with van der Waals surface area (Å²) in [6.07, 6.45) is 1.70. The van der Waals surface area contributed by atoms with Gasteiger partial charge in [-0.15, -0.1) is 0 Å². The summed E-state index contributed by atoms with van der Waals surface area (Å²) in [5.74, 6) is 0.720. The number of hydrogen-bond donors (Lipinski definition) is 2. The number of rotatable bonds is 5. The molecule has 2 aromatic carbocycles. The molecular weight excluding hydrogens is 322 g/mol. The van der Waals surface area contributed by atoms with Gasteiger partial charge in [-0.25, -0.2) is 9.78 Å². The van der Waals surface area contributed by atoms with Gasteiger partial charge in [-0.2, -0.15) is 0 Å². The third kappa shape index (κ3) is 4.57. The van der Waals surface area contributed by atoms with Gasteiger partial charge in [0.15, 0.2) is 0 Å². The number of hydrogen-bond acceptors (Lipinski definition) is 4. The number of aryl methyl sites for hydroxylation is 1. The average Bonchev–Trinajstić information content (AvgIpc) is 3.07. The van der Waals surface area contributed by atoms with Gasteiger partial charge in [-0.3, -0.25) is 0 Å². The van der Waals surface area contributed by atoms with Crippen LogP contribution in [0, 0.1) is 6.92 Å². The molecule has 0 saturated carbocycles. The normalized spacial score (nSPS) is 10.2. The first-order valence-corrected chi connectivity index (χ1v) is 8.35. The third-order valence-electron chi connectivity index (χ3n) is 3.27. The molecule has 3 rings (SSSR count). The molecule has 0 atom stereocenters. The van der Waals surface area contributed by atoms with Crippen molar-refractivity contribution in [3.05, 3.63) is 71.2 Å². The highest BCUT2D eigenvalue weighted by Gasteiger charge is 2.03. The SMILES string of the molecule is Cc1cccc(NC(=O)NCc2ccc(Oc3nccs3)cc2)c1. The highest BCUT2D eigenvalue weighted by Crippen LogP contribution is 2.23. The molecule has 0 spiro atoms. The van der Waals surface area contributed by atoms with Crippen LogP contribution in [0.3, 0.4) is 0 Å². The minimum absolute atomic E-state index is 0.233. The number of ether oxygens (including phenoxy) is 1. The second-order valence-electron chi connectivity index (χ2n) is 5.22. The van der Waals surface area contributed by atoms with Crippen LogP contribution in [0.1, 0.15) is 11.1 Å². The molecule has 2 N–H and O–H groups in total. The number of aromatic nitrogens is 1. The average molecular weight is 339 g/mol. The highest BCUT2D eigenvalue weighted by atomic mass is 32.1. The van der Waals surface area contributed by atoms with E-state index in [-0.39, 0.29) is 6.03 Å². The molecule has 5 nitrogen and oxygen atoms in total. The van der Waals surface area contributed by atoms with E-state index in [1.54, 1.807) is 6.20 Å². The third-order valence-corrected chi connectivity index (χ3v) is 3.92.